The normalized spacial score (nSPS) is 14.4. The van der Waals surface area contributed by atoms with Crippen LogP contribution in [0.4, 0.5) is 0 Å². The summed E-state index contributed by atoms with van der Waals surface area (Å²) >= 11 is 5.62. The van der Waals surface area contributed by atoms with E-state index in [0.717, 1.165) is 76.2 Å². The van der Waals surface area contributed by atoms with E-state index in [0.29, 0.717) is 25.3 Å². The number of unbranched alkanes of at least 4 members (excludes halogenated alkanes) is 2. The summed E-state index contributed by atoms with van der Waals surface area (Å²) in [6, 6.07) is 0.705. The van der Waals surface area contributed by atoms with Gasteiger partial charge in [0.25, 0.3) is 0 Å². The quantitative estimate of drug-likeness (QED) is 0.0815. The number of hydrogen-bond acceptors (Lipinski definition) is 8. The van der Waals surface area contributed by atoms with E-state index in [-0.39, 0.29) is 0 Å². The Balaban J connectivity index is 4.35. The first-order valence-electron chi connectivity index (χ1n) is 10.4. The van der Waals surface area contributed by atoms with Crippen LogP contribution in [0.3, 0.4) is 0 Å². The van der Waals surface area contributed by atoms with Gasteiger partial charge in [-0.3, -0.25) is 0 Å². The molecular formula is C18H44N4O2S2Sn. The second-order valence-corrected chi connectivity index (χ2v) is 17.9. The molecule has 2 atom stereocenters. The Bertz CT molecular complexity index is 304. The SMILES string of the molecule is [CH3][Sn]([CH3])([O]C[C@H](CCCCN)NCCS)[O]C[C@H](CCCCN)NCCS. The number of rotatable bonds is 20. The van der Waals surface area contributed by atoms with Crippen LogP contribution in [-0.2, 0) is 6.15 Å². The molecule has 0 radical (unpaired) electrons. The molecule has 0 amide bonds. The van der Waals surface area contributed by atoms with Crippen molar-refractivity contribution in [1.82, 2.24) is 10.6 Å². The van der Waals surface area contributed by atoms with E-state index >= 15 is 0 Å². The molecule has 0 aliphatic carbocycles. The fourth-order valence-electron chi connectivity index (χ4n) is 2.74. The Morgan fingerprint density at radius 2 is 1.19 bits per heavy atom. The number of nitrogens with one attached hydrogen (secondary N) is 2. The monoisotopic (exact) mass is 532 g/mol. The molecule has 0 aromatic heterocycles. The van der Waals surface area contributed by atoms with Gasteiger partial charge in [-0.15, -0.1) is 0 Å². The van der Waals surface area contributed by atoms with Gasteiger partial charge < -0.3 is 0 Å². The molecule has 0 fully saturated rings. The van der Waals surface area contributed by atoms with Crippen molar-refractivity contribution in [2.24, 2.45) is 11.5 Å². The van der Waals surface area contributed by atoms with Crippen LogP contribution in [0.1, 0.15) is 38.5 Å². The zero-order chi connectivity index (χ0) is 20.4. The van der Waals surface area contributed by atoms with Gasteiger partial charge in [-0.05, 0) is 0 Å². The van der Waals surface area contributed by atoms with E-state index in [9.17, 15) is 0 Å². The predicted molar refractivity (Wildman–Crippen MR) is 126 cm³/mol. The summed E-state index contributed by atoms with van der Waals surface area (Å²) in [5.41, 5.74) is 11.2. The molecule has 0 aromatic rings. The van der Waals surface area contributed by atoms with Crippen molar-refractivity contribution in [3.05, 3.63) is 0 Å². The van der Waals surface area contributed by atoms with Crippen LogP contribution in [0.2, 0.25) is 9.88 Å². The van der Waals surface area contributed by atoms with E-state index in [2.05, 4.69) is 45.8 Å². The molecule has 6 N–H and O–H groups in total. The molecule has 0 bridgehead atoms. The summed E-state index contributed by atoms with van der Waals surface area (Å²) in [4.78, 5) is 4.39. The van der Waals surface area contributed by atoms with E-state index in [4.69, 9.17) is 17.6 Å². The number of thiol groups is 2. The van der Waals surface area contributed by atoms with Crippen LogP contribution >= 0.6 is 25.3 Å². The van der Waals surface area contributed by atoms with E-state index in [1.54, 1.807) is 0 Å². The topological polar surface area (TPSA) is 94.6 Å². The average molecular weight is 531 g/mol. The van der Waals surface area contributed by atoms with Crippen molar-refractivity contribution in [1.29, 1.82) is 0 Å². The van der Waals surface area contributed by atoms with Crippen molar-refractivity contribution in [2.45, 2.75) is 60.5 Å². The van der Waals surface area contributed by atoms with Gasteiger partial charge in [0.05, 0.1) is 0 Å². The molecule has 0 saturated heterocycles. The fourth-order valence-corrected chi connectivity index (χ4v) is 6.68. The summed E-state index contributed by atoms with van der Waals surface area (Å²) in [5.74, 6) is 1.66. The molecule has 0 aliphatic heterocycles. The van der Waals surface area contributed by atoms with Crippen LogP contribution in [0, 0.1) is 0 Å². The van der Waals surface area contributed by atoms with Crippen molar-refractivity contribution < 1.29 is 6.15 Å². The third-order valence-corrected chi connectivity index (χ3v) is 9.73. The molecule has 0 rings (SSSR count). The predicted octanol–water partition coefficient (Wildman–Crippen LogP) is 1.76. The maximum absolute atomic E-state index is 6.31. The van der Waals surface area contributed by atoms with Gasteiger partial charge in [-0.1, -0.05) is 0 Å². The Kier molecular flexibility index (Phi) is 20.1. The first-order valence-corrected chi connectivity index (χ1v) is 19.7. The first kappa shape index (κ1) is 28.3. The summed E-state index contributed by atoms with van der Waals surface area (Å²) in [6.07, 6.45) is 6.53. The van der Waals surface area contributed by atoms with Gasteiger partial charge in [0.2, 0.25) is 0 Å². The number of hydrogen-bond donors (Lipinski definition) is 6. The average Bonchev–Trinajstić information content (AvgIpc) is 2.65. The minimum atomic E-state index is -2.96. The van der Waals surface area contributed by atoms with Gasteiger partial charge in [0.15, 0.2) is 0 Å². The third kappa shape index (κ3) is 17.8. The van der Waals surface area contributed by atoms with Gasteiger partial charge in [0, 0.05) is 0 Å². The van der Waals surface area contributed by atoms with Crippen molar-refractivity contribution >= 4 is 44.5 Å². The summed E-state index contributed by atoms with van der Waals surface area (Å²) in [5, 5.41) is 7.06. The van der Waals surface area contributed by atoms with Gasteiger partial charge in [0.1, 0.15) is 0 Å². The van der Waals surface area contributed by atoms with Crippen molar-refractivity contribution in [3.63, 3.8) is 0 Å². The van der Waals surface area contributed by atoms with Crippen LogP contribution < -0.4 is 22.1 Å². The molecule has 9 heteroatoms. The van der Waals surface area contributed by atoms with E-state index < -0.39 is 19.2 Å². The molecule has 0 unspecified atom stereocenters. The minimum absolute atomic E-state index is 0.353. The Morgan fingerprint density at radius 1 is 0.778 bits per heavy atom. The molecule has 0 heterocycles. The Morgan fingerprint density at radius 3 is 1.52 bits per heavy atom. The third-order valence-electron chi connectivity index (χ3n) is 4.37. The fraction of sp³-hybridized carbons (Fsp3) is 1.00. The van der Waals surface area contributed by atoms with Crippen molar-refractivity contribution in [2.75, 3.05) is 50.9 Å². The molecule has 6 nitrogen and oxygen atoms in total. The second-order valence-electron chi connectivity index (χ2n) is 7.34. The van der Waals surface area contributed by atoms with E-state index in [1.165, 1.54) is 0 Å². The first-order chi connectivity index (χ1) is 13.0. The molecule has 0 spiro atoms. The van der Waals surface area contributed by atoms with Crippen molar-refractivity contribution in [3.8, 4) is 0 Å². The molecule has 0 aliphatic rings. The van der Waals surface area contributed by atoms with Gasteiger partial charge in [-0.25, -0.2) is 0 Å². The zero-order valence-corrected chi connectivity index (χ0v) is 22.1. The van der Waals surface area contributed by atoms with Gasteiger partial charge >= 0.3 is 184 Å². The molecular weight excluding hydrogens is 487 g/mol. The zero-order valence-electron chi connectivity index (χ0n) is 17.4. The van der Waals surface area contributed by atoms with Crippen LogP contribution in [0.15, 0.2) is 0 Å². The van der Waals surface area contributed by atoms with Crippen LogP contribution in [0.5, 0.6) is 0 Å². The van der Waals surface area contributed by atoms with Crippen LogP contribution in [0.25, 0.3) is 0 Å². The summed E-state index contributed by atoms with van der Waals surface area (Å²) in [6.45, 7) is 4.71. The number of nitrogens with two attached hydrogens (primary N) is 2. The standard InChI is InChI=1S/2C8H19N2OS.2CH3.Sn/c2*9-4-2-1-3-8(7-11)10-5-6-12;;;/h2*8,10,12H,1-7,9H2;2*1H3;/q2*-1;;;+2/t2*8-;;;/m00.../s1. The second kappa shape index (κ2) is 19.2. The molecule has 0 aromatic carbocycles. The maximum atomic E-state index is 6.31. The van der Waals surface area contributed by atoms with Crippen LogP contribution in [-0.4, -0.2) is 82.2 Å². The summed E-state index contributed by atoms with van der Waals surface area (Å²) in [7, 11) is 0. The summed E-state index contributed by atoms with van der Waals surface area (Å²) < 4.78 is 12.6. The molecule has 164 valence electrons. The Labute approximate surface area is 183 Å². The van der Waals surface area contributed by atoms with E-state index in [1.807, 2.05) is 0 Å². The molecule has 0 saturated carbocycles. The molecule has 27 heavy (non-hydrogen) atoms. The Hall–Kier alpha value is 1.26. The van der Waals surface area contributed by atoms with Gasteiger partial charge in [-0.2, -0.15) is 0 Å².